The second-order valence-corrected chi connectivity index (χ2v) is 5.04. The highest BCUT2D eigenvalue weighted by Gasteiger charge is 2.22. The predicted molar refractivity (Wildman–Crippen MR) is 44.8 cm³/mol. The molecule has 1 aliphatic rings. The monoisotopic (exact) mass is 177 g/mol. The van der Waals surface area contributed by atoms with Gasteiger partial charge >= 0.3 is 0 Å². The van der Waals surface area contributed by atoms with E-state index in [9.17, 15) is 8.42 Å². The van der Waals surface area contributed by atoms with Crippen molar-refractivity contribution in [1.82, 2.24) is 4.72 Å². The van der Waals surface area contributed by atoms with Crippen molar-refractivity contribution < 1.29 is 8.42 Å². The Morgan fingerprint density at radius 3 is 2.55 bits per heavy atom. The molecule has 1 fully saturated rings. The Balaban J connectivity index is 2.21. The fourth-order valence-corrected chi connectivity index (χ4v) is 2.08. The molecule has 0 atom stereocenters. The van der Waals surface area contributed by atoms with Crippen molar-refractivity contribution in [1.29, 1.82) is 0 Å². The van der Waals surface area contributed by atoms with Gasteiger partial charge in [-0.05, 0) is 25.2 Å². The largest absolute Gasteiger partial charge is 0.215 e. The maximum Gasteiger partial charge on any atom is 0.211 e. The van der Waals surface area contributed by atoms with Gasteiger partial charge < -0.3 is 0 Å². The summed E-state index contributed by atoms with van der Waals surface area (Å²) < 4.78 is 24.7. The first-order valence-corrected chi connectivity index (χ1v) is 5.76. The molecule has 1 rings (SSSR count). The summed E-state index contributed by atoms with van der Waals surface area (Å²) in [4.78, 5) is 0. The number of nitrogens with one attached hydrogen (secondary N) is 1. The average Bonchev–Trinajstić information content (AvgIpc) is 2.65. The second kappa shape index (κ2) is 3.54. The van der Waals surface area contributed by atoms with E-state index in [2.05, 4.69) is 4.72 Å². The smallest absolute Gasteiger partial charge is 0.211 e. The standard InChI is InChI=1S/C7H15NO2S/c1-2-5-11(9,10)8-6-7-3-4-7/h7-8H,2-6H2,1H3. The number of hydrogen-bond acceptors (Lipinski definition) is 2. The molecule has 1 aliphatic carbocycles. The molecule has 4 heteroatoms. The van der Waals surface area contributed by atoms with Crippen LogP contribution in [0.1, 0.15) is 26.2 Å². The van der Waals surface area contributed by atoms with Crippen LogP contribution >= 0.6 is 0 Å². The molecule has 0 radical (unpaired) electrons. The maximum absolute atomic E-state index is 11.1. The lowest BCUT2D eigenvalue weighted by Crippen LogP contribution is -2.27. The lowest BCUT2D eigenvalue weighted by molar-refractivity contribution is 0.576. The molecule has 0 saturated heterocycles. The predicted octanol–water partition coefficient (Wildman–Crippen LogP) is 0.726. The van der Waals surface area contributed by atoms with E-state index in [1.165, 1.54) is 12.8 Å². The van der Waals surface area contributed by atoms with Crippen molar-refractivity contribution in [3.8, 4) is 0 Å². The van der Waals surface area contributed by atoms with Gasteiger partial charge in [0.2, 0.25) is 10.0 Å². The van der Waals surface area contributed by atoms with Crippen LogP contribution in [0.25, 0.3) is 0 Å². The minimum atomic E-state index is -2.94. The third kappa shape index (κ3) is 3.72. The van der Waals surface area contributed by atoms with Gasteiger partial charge in [-0.25, -0.2) is 13.1 Å². The van der Waals surface area contributed by atoms with Gasteiger partial charge in [0.05, 0.1) is 5.75 Å². The lowest BCUT2D eigenvalue weighted by Gasteiger charge is -2.02. The normalized spacial score (nSPS) is 18.6. The van der Waals surface area contributed by atoms with Gasteiger partial charge in [-0.2, -0.15) is 0 Å². The Labute approximate surface area is 68.2 Å². The van der Waals surface area contributed by atoms with E-state index >= 15 is 0 Å². The van der Waals surface area contributed by atoms with E-state index in [0.717, 1.165) is 0 Å². The van der Waals surface area contributed by atoms with E-state index in [1.807, 2.05) is 6.92 Å². The van der Waals surface area contributed by atoms with E-state index in [4.69, 9.17) is 0 Å². The summed E-state index contributed by atoms with van der Waals surface area (Å²) in [5, 5.41) is 0. The van der Waals surface area contributed by atoms with E-state index in [0.29, 0.717) is 18.9 Å². The molecular formula is C7H15NO2S. The molecule has 0 spiro atoms. The molecule has 1 N–H and O–H groups in total. The minimum Gasteiger partial charge on any atom is -0.215 e. The third-order valence-corrected chi connectivity index (χ3v) is 3.31. The highest BCUT2D eigenvalue weighted by Crippen LogP contribution is 2.27. The summed E-state index contributed by atoms with van der Waals surface area (Å²) >= 11 is 0. The molecule has 1 saturated carbocycles. The Hall–Kier alpha value is -0.0900. The van der Waals surface area contributed by atoms with Crippen molar-refractivity contribution >= 4 is 10.0 Å². The molecule has 11 heavy (non-hydrogen) atoms. The molecule has 0 bridgehead atoms. The topological polar surface area (TPSA) is 46.2 Å². The summed E-state index contributed by atoms with van der Waals surface area (Å²) in [6, 6.07) is 0. The van der Waals surface area contributed by atoms with Gasteiger partial charge in [0.25, 0.3) is 0 Å². The second-order valence-electron chi connectivity index (χ2n) is 3.11. The maximum atomic E-state index is 11.1. The molecule has 0 aromatic carbocycles. The number of sulfonamides is 1. The highest BCUT2D eigenvalue weighted by atomic mass is 32.2. The van der Waals surface area contributed by atoms with E-state index in [-0.39, 0.29) is 5.75 Å². The Bertz CT molecular complexity index is 206. The zero-order valence-electron chi connectivity index (χ0n) is 6.84. The SMILES string of the molecule is CCCS(=O)(=O)NCC1CC1. The van der Waals surface area contributed by atoms with Crippen molar-refractivity contribution in [3.63, 3.8) is 0 Å². The van der Waals surface area contributed by atoms with Gasteiger partial charge in [-0.3, -0.25) is 0 Å². The van der Waals surface area contributed by atoms with Crippen LogP contribution < -0.4 is 4.72 Å². The average molecular weight is 177 g/mol. The quantitative estimate of drug-likeness (QED) is 0.672. The van der Waals surface area contributed by atoms with Crippen molar-refractivity contribution in [3.05, 3.63) is 0 Å². The molecular weight excluding hydrogens is 162 g/mol. The van der Waals surface area contributed by atoms with Crippen LogP contribution in [0.5, 0.6) is 0 Å². The fourth-order valence-electron chi connectivity index (χ4n) is 0.908. The first-order chi connectivity index (χ1) is 5.14. The van der Waals surface area contributed by atoms with E-state index in [1.54, 1.807) is 0 Å². The summed E-state index contributed by atoms with van der Waals surface area (Å²) in [5.74, 6) is 0.890. The lowest BCUT2D eigenvalue weighted by atomic mass is 10.4. The molecule has 0 amide bonds. The van der Waals surface area contributed by atoms with Crippen molar-refractivity contribution in [2.24, 2.45) is 5.92 Å². The summed E-state index contributed by atoms with van der Waals surface area (Å²) in [7, 11) is -2.94. The van der Waals surface area contributed by atoms with Crippen LogP contribution in [0.4, 0.5) is 0 Å². The molecule has 0 aliphatic heterocycles. The minimum absolute atomic E-state index is 0.264. The van der Waals surface area contributed by atoms with Crippen LogP contribution in [0.3, 0.4) is 0 Å². The molecule has 66 valence electrons. The van der Waals surface area contributed by atoms with Crippen molar-refractivity contribution in [2.45, 2.75) is 26.2 Å². The van der Waals surface area contributed by atoms with Crippen LogP contribution in [0.2, 0.25) is 0 Å². The number of hydrogen-bond donors (Lipinski definition) is 1. The van der Waals surface area contributed by atoms with Crippen LogP contribution in [-0.2, 0) is 10.0 Å². The van der Waals surface area contributed by atoms with Crippen LogP contribution in [0, 0.1) is 5.92 Å². The van der Waals surface area contributed by atoms with Crippen molar-refractivity contribution in [2.75, 3.05) is 12.3 Å². The number of rotatable bonds is 5. The third-order valence-electron chi connectivity index (χ3n) is 1.76. The summed E-state index contributed by atoms with van der Waals surface area (Å²) in [5.41, 5.74) is 0. The zero-order chi connectivity index (χ0) is 8.32. The molecule has 3 nitrogen and oxygen atoms in total. The summed E-state index contributed by atoms with van der Waals surface area (Å²) in [6.45, 7) is 2.53. The first-order valence-electron chi connectivity index (χ1n) is 4.11. The fraction of sp³-hybridized carbons (Fsp3) is 1.00. The van der Waals surface area contributed by atoms with E-state index < -0.39 is 10.0 Å². The van der Waals surface area contributed by atoms with Gasteiger partial charge in [-0.1, -0.05) is 6.92 Å². The highest BCUT2D eigenvalue weighted by molar-refractivity contribution is 7.89. The van der Waals surface area contributed by atoms with Gasteiger partial charge in [0.1, 0.15) is 0 Å². The molecule has 0 heterocycles. The Kier molecular flexibility index (Phi) is 2.90. The Morgan fingerprint density at radius 2 is 2.09 bits per heavy atom. The van der Waals surface area contributed by atoms with Gasteiger partial charge in [-0.15, -0.1) is 0 Å². The molecule has 0 aromatic heterocycles. The van der Waals surface area contributed by atoms with Crippen LogP contribution in [0.15, 0.2) is 0 Å². The van der Waals surface area contributed by atoms with Gasteiger partial charge in [0, 0.05) is 6.54 Å². The van der Waals surface area contributed by atoms with Gasteiger partial charge in [0.15, 0.2) is 0 Å². The first kappa shape index (κ1) is 9.00. The molecule has 0 unspecified atom stereocenters. The summed E-state index contributed by atoms with van der Waals surface area (Å²) in [6.07, 6.45) is 3.07. The zero-order valence-corrected chi connectivity index (χ0v) is 7.65. The Morgan fingerprint density at radius 1 is 1.45 bits per heavy atom. The molecule has 0 aromatic rings. The van der Waals surface area contributed by atoms with Crippen LogP contribution in [-0.4, -0.2) is 20.7 Å².